The Labute approximate surface area is 441 Å². The molecule has 2 aliphatic rings. The second-order valence-corrected chi connectivity index (χ2v) is 19.7. The molecule has 0 heterocycles. The Hall–Kier alpha value is -9.38. The van der Waals surface area contributed by atoms with Crippen molar-refractivity contribution in [3.8, 4) is 22.3 Å². The molecular weight excluding hydrogens is 909 g/mol. The molecule has 1 spiro atoms. The third kappa shape index (κ3) is 8.60. The van der Waals surface area contributed by atoms with Crippen molar-refractivity contribution in [2.75, 3.05) is 19.6 Å². The van der Waals surface area contributed by atoms with Gasteiger partial charge < -0.3 is 19.6 Å². The first-order chi connectivity index (χ1) is 37.2. The first-order valence-corrected chi connectivity index (χ1v) is 26.3. The molecule has 0 unspecified atom stereocenters. The molecule has 75 heavy (non-hydrogen) atoms. The molecule has 360 valence electrons. The first-order valence-electron chi connectivity index (χ1n) is 26.3. The molecule has 0 radical (unpaired) electrons. The number of fused-ring (bicyclic) bond motifs is 5. The van der Waals surface area contributed by atoms with E-state index >= 15 is 0 Å². The summed E-state index contributed by atoms with van der Waals surface area (Å²) < 4.78 is 0. The molecule has 1 fully saturated rings. The molecule has 0 saturated heterocycles. The average molecular weight is 965 g/mol. The van der Waals surface area contributed by atoms with E-state index in [2.05, 4.69) is 311 Å². The van der Waals surface area contributed by atoms with Crippen molar-refractivity contribution in [1.82, 2.24) is 0 Å². The lowest BCUT2D eigenvalue weighted by molar-refractivity contribution is 0.550. The van der Waals surface area contributed by atoms with E-state index in [0.717, 1.165) is 75.3 Å². The van der Waals surface area contributed by atoms with Crippen molar-refractivity contribution in [1.29, 1.82) is 0 Å². The van der Waals surface area contributed by atoms with E-state index in [1.165, 1.54) is 52.0 Å². The van der Waals surface area contributed by atoms with E-state index in [1.807, 2.05) is 0 Å². The standard InChI is InChI=1S/C71H56N4/c1-7-21-55(22-8-1)72(56-23-9-2-10-24-56)63-41-43-64(44-42-63)73(57-25-11-3-12-26-57)61-37-33-53(34-38-61)54-35-39-62(40-36-54)75(60-31-17-6-18-32-60)66-46-48-68-67-47-45-65(51-69(67)71(70(68)52-66)49-19-20-50-71)74(58-27-13-4-14-28-58)59-29-15-5-16-30-59/h1-18,21-48,51-52H,19-20,49-50H2. The Bertz CT molecular complexity index is 3600. The summed E-state index contributed by atoms with van der Waals surface area (Å²) in [5.41, 5.74) is 21.5. The summed E-state index contributed by atoms with van der Waals surface area (Å²) in [6.07, 6.45) is 4.74. The SMILES string of the molecule is c1ccc(N(c2ccccc2)c2ccc(N(c3ccccc3)c3ccc(-c4ccc(N(c5ccccc5)c5ccc6c(c5)C5(CCCC5)c5cc(N(c7ccccc7)c7ccccc7)ccc5-6)cc4)cc3)cc2)cc1. The highest BCUT2D eigenvalue weighted by atomic mass is 15.2. The van der Waals surface area contributed by atoms with Crippen molar-refractivity contribution in [3.63, 3.8) is 0 Å². The van der Waals surface area contributed by atoms with Crippen molar-refractivity contribution in [2.45, 2.75) is 31.1 Å². The van der Waals surface area contributed by atoms with Gasteiger partial charge in [-0.3, -0.25) is 0 Å². The lowest BCUT2D eigenvalue weighted by Gasteiger charge is -2.31. The number of benzene rings is 11. The van der Waals surface area contributed by atoms with E-state index in [1.54, 1.807) is 0 Å². The van der Waals surface area contributed by atoms with Crippen LogP contribution in [0.5, 0.6) is 0 Å². The zero-order valence-electron chi connectivity index (χ0n) is 41.8. The van der Waals surface area contributed by atoms with Gasteiger partial charge in [0.15, 0.2) is 0 Å². The van der Waals surface area contributed by atoms with Crippen LogP contribution in [-0.4, -0.2) is 0 Å². The van der Waals surface area contributed by atoms with Crippen LogP contribution in [0.15, 0.2) is 291 Å². The Morgan fingerprint density at radius 2 is 0.427 bits per heavy atom. The maximum Gasteiger partial charge on any atom is 0.0465 e. The van der Waals surface area contributed by atoms with Gasteiger partial charge in [-0.25, -0.2) is 0 Å². The molecule has 13 rings (SSSR count). The molecule has 4 nitrogen and oxygen atoms in total. The van der Waals surface area contributed by atoms with E-state index < -0.39 is 0 Å². The van der Waals surface area contributed by atoms with Gasteiger partial charge in [-0.1, -0.05) is 158 Å². The lowest BCUT2D eigenvalue weighted by atomic mass is 9.76. The molecule has 0 bridgehead atoms. The summed E-state index contributed by atoms with van der Waals surface area (Å²) in [4.78, 5) is 9.46. The van der Waals surface area contributed by atoms with Crippen molar-refractivity contribution < 1.29 is 0 Å². The summed E-state index contributed by atoms with van der Waals surface area (Å²) >= 11 is 0. The van der Waals surface area contributed by atoms with Gasteiger partial charge in [-0.05, 0) is 192 Å². The maximum absolute atomic E-state index is 2.51. The minimum Gasteiger partial charge on any atom is -0.311 e. The number of hydrogen-bond acceptors (Lipinski definition) is 4. The zero-order valence-corrected chi connectivity index (χ0v) is 41.8. The fraction of sp³-hybridized carbons (Fsp3) is 0.0704. The topological polar surface area (TPSA) is 13.0 Å². The number of anilines is 12. The molecule has 0 aliphatic heterocycles. The highest BCUT2D eigenvalue weighted by molar-refractivity contribution is 5.89. The van der Waals surface area contributed by atoms with Crippen LogP contribution in [0.25, 0.3) is 22.3 Å². The predicted molar refractivity (Wildman–Crippen MR) is 315 cm³/mol. The highest BCUT2D eigenvalue weighted by Gasteiger charge is 2.45. The Morgan fingerprint density at radius 3 is 0.693 bits per heavy atom. The molecule has 11 aromatic rings. The summed E-state index contributed by atoms with van der Waals surface area (Å²) in [5.74, 6) is 0. The Kier molecular flexibility index (Phi) is 12.1. The second-order valence-electron chi connectivity index (χ2n) is 19.7. The van der Waals surface area contributed by atoms with Crippen LogP contribution in [-0.2, 0) is 5.41 Å². The van der Waals surface area contributed by atoms with Gasteiger partial charge in [-0.2, -0.15) is 0 Å². The van der Waals surface area contributed by atoms with Crippen LogP contribution >= 0.6 is 0 Å². The quantitative estimate of drug-likeness (QED) is 0.114. The van der Waals surface area contributed by atoms with Crippen molar-refractivity contribution >= 4 is 68.2 Å². The third-order valence-electron chi connectivity index (χ3n) is 15.3. The van der Waals surface area contributed by atoms with E-state index in [-0.39, 0.29) is 5.41 Å². The number of hydrogen-bond donors (Lipinski definition) is 0. The normalized spacial score (nSPS) is 13.0. The van der Waals surface area contributed by atoms with Gasteiger partial charge >= 0.3 is 0 Å². The predicted octanol–water partition coefficient (Wildman–Crippen LogP) is 20.1. The molecule has 2 aliphatic carbocycles. The monoisotopic (exact) mass is 964 g/mol. The van der Waals surface area contributed by atoms with Gasteiger partial charge in [0.1, 0.15) is 0 Å². The van der Waals surface area contributed by atoms with Crippen LogP contribution in [0.3, 0.4) is 0 Å². The molecule has 1 saturated carbocycles. The summed E-state index contributed by atoms with van der Waals surface area (Å²) in [5, 5.41) is 0. The van der Waals surface area contributed by atoms with E-state index in [0.29, 0.717) is 0 Å². The lowest BCUT2D eigenvalue weighted by Crippen LogP contribution is -2.21. The highest BCUT2D eigenvalue weighted by Crippen LogP contribution is 2.59. The van der Waals surface area contributed by atoms with Crippen LogP contribution in [0.1, 0.15) is 36.8 Å². The van der Waals surface area contributed by atoms with Gasteiger partial charge in [0.05, 0.1) is 0 Å². The number of para-hydroxylation sites is 6. The van der Waals surface area contributed by atoms with Crippen molar-refractivity contribution in [3.05, 3.63) is 302 Å². The molecule has 0 N–H and O–H groups in total. The third-order valence-corrected chi connectivity index (χ3v) is 15.3. The van der Waals surface area contributed by atoms with Gasteiger partial charge in [-0.15, -0.1) is 0 Å². The first kappa shape index (κ1) is 45.5. The number of rotatable bonds is 13. The molecule has 0 atom stereocenters. The minimum absolute atomic E-state index is 0.0421. The van der Waals surface area contributed by atoms with Gasteiger partial charge in [0.25, 0.3) is 0 Å². The molecule has 4 heteroatoms. The van der Waals surface area contributed by atoms with Gasteiger partial charge in [0.2, 0.25) is 0 Å². The van der Waals surface area contributed by atoms with E-state index in [9.17, 15) is 0 Å². The Morgan fingerprint density at radius 1 is 0.213 bits per heavy atom. The summed E-state index contributed by atoms with van der Waals surface area (Å²) in [6.45, 7) is 0. The molecule has 11 aromatic carbocycles. The molecular formula is C71H56N4. The maximum atomic E-state index is 2.51. The Balaban J connectivity index is 0.810. The van der Waals surface area contributed by atoms with Gasteiger partial charge in [0, 0.05) is 73.7 Å². The number of nitrogens with zero attached hydrogens (tertiary/aromatic N) is 4. The molecule has 0 aromatic heterocycles. The largest absolute Gasteiger partial charge is 0.311 e. The van der Waals surface area contributed by atoms with Crippen molar-refractivity contribution in [2.24, 2.45) is 0 Å². The fourth-order valence-corrected chi connectivity index (χ4v) is 11.9. The second kappa shape index (κ2) is 19.9. The molecule has 0 amide bonds. The zero-order chi connectivity index (χ0) is 50.0. The average Bonchev–Trinajstić information content (AvgIpc) is 4.09. The van der Waals surface area contributed by atoms with Crippen LogP contribution < -0.4 is 19.6 Å². The summed E-state index contributed by atoms with van der Waals surface area (Å²) in [7, 11) is 0. The summed E-state index contributed by atoms with van der Waals surface area (Å²) in [6, 6.07) is 106. The van der Waals surface area contributed by atoms with Crippen LogP contribution in [0.4, 0.5) is 68.2 Å². The minimum atomic E-state index is -0.0421. The van der Waals surface area contributed by atoms with E-state index in [4.69, 9.17) is 0 Å². The fourth-order valence-electron chi connectivity index (χ4n) is 11.9. The smallest absolute Gasteiger partial charge is 0.0465 e. The van der Waals surface area contributed by atoms with Crippen LogP contribution in [0, 0.1) is 0 Å². The van der Waals surface area contributed by atoms with Crippen LogP contribution in [0.2, 0.25) is 0 Å².